The van der Waals surface area contributed by atoms with Crippen LogP contribution in [0.25, 0.3) is 11.1 Å². The quantitative estimate of drug-likeness (QED) is 0.532. The number of thioether (sulfide) groups is 1. The van der Waals surface area contributed by atoms with Crippen molar-refractivity contribution in [2.75, 3.05) is 0 Å². The zero-order chi connectivity index (χ0) is 13.9. The molecule has 0 saturated carbocycles. The van der Waals surface area contributed by atoms with E-state index in [1.54, 1.807) is 0 Å². The van der Waals surface area contributed by atoms with Gasteiger partial charge in [-0.3, -0.25) is 4.79 Å². The molecule has 4 heteroatoms. The van der Waals surface area contributed by atoms with Crippen molar-refractivity contribution in [2.24, 2.45) is 0 Å². The SMILES string of the molecule is C[C@@H](Sc1nc2ccccc2o1)C(=O)c1ccccc1. The van der Waals surface area contributed by atoms with Crippen molar-refractivity contribution in [3.05, 3.63) is 60.2 Å². The summed E-state index contributed by atoms with van der Waals surface area (Å²) in [6.45, 7) is 1.87. The molecule has 0 N–H and O–H groups in total. The van der Waals surface area contributed by atoms with Crippen LogP contribution in [0.3, 0.4) is 0 Å². The molecule has 0 bridgehead atoms. The summed E-state index contributed by atoms with van der Waals surface area (Å²) in [6, 6.07) is 16.9. The Morgan fingerprint density at radius 2 is 1.80 bits per heavy atom. The van der Waals surface area contributed by atoms with Crippen molar-refractivity contribution in [2.45, 2.75) is 17.4 Å². The fourth-order valence-corrected chi connectivity index (χ4v) is 2.78. The third-order valence-electron chi connectivity index (χ3n) is 2.98. The van der Waals surface area contributed by atoms with Gasteiger partial charge in [0, 0.05) is 5.56 Å². The average molecular weight is 283 g/mol. The van der Waals surface area contributed by atoms with Crippen molar-refractivity contribution in [3.63, 3.8) is 0 Å². The Morgan fingerprint density at radius 1 is 1.10 bits per heavy atom. The molecule has 1 atom stereocenters. The van der Waals surface area contributed by atoms with Crippen LogP contribution in [0.15, 0.2) is 64.2 Å². The number of carbonyl (C=O) groups is 1. The molecule has 100 valence electrons. The second kappa shape index (κ2) is 5.51. The molecular weight excluding hydrogens is 270 g/mol. The van der Waals surface area contributed by atoms with Crippen molar-refractivity contribution in [3.8, 4) is 0 Å². The van der Waals surface area contributed by atoms with E-state index >= 15 is 0 Å². The number of nitrogens with zero attached hydrogens (tertiary/aromatic N) is 1. The second-order valence-electron chi connectivity index (χ2n) is 4.44. The summed E-state index contributed by atoms with van der Waals surface area (Å²) in [5.41, 5.74) is 2.27. The number of hydrogen-bond donors (Lipinski definition) is 0. The maximum Gasteiger partial charge on any atom is 0.257 e. The van der Waals surface area contributed by atoms with Crippen LogP contribution in [0.5, 0.6) is 0 Å². The molecule has 1 heterocycles. The molecule has 3 aromatic rings. The van der Waals surface area contributed by atoms with Crippen LogP contribution in [0.1, 0.15) is 17.3 Å². The molecule has 1 aromatic heterocycles. The molecule has 3 nitrogen and oxygen atoms in total. The number of carbonyl (C=O) groups excluding carboxylic acids is 1. The molecule has 0 fully saturated rings. The number of ketones is 1. The van der Waals surface area contributed by atoms with E-state index in [0.717, 1.165) is 11.1 Å². The van der Waals surface area contributed by atoms with E-state index in [1.165, 1.54) is 11.8 Å². The number of hydrogen-bond acceptors (Lipinski definition) is 4. The van der Waals surface area contributed by atoms with Crippen LogP contribution in [-0.4, -0.2) is 16.0 Å². The number of aromatic nitrogens is 1. The zero-order valence-corrected chi connectivity index (χ0v) is 11.8. The van der Waals surface area contributed by atoms with Crippen LogP contribution < -0.4 is 0 Å². The molecule has 20 heavy (non-hydrogen) atoms. The van der Waals surface area contributed by atoms with E-state index in [0.29, 0.717) is 10.8 Å². The molecule has 0 spiro atoms. The molecule has 3 rings (SSSR count). The van der Waals surface area contributed by atoms with Crippen molar-refractivity contribution >= 4 is 28.6 Å². The third kappa shape index (κ3) is 2.60. The fraction of sp³-hybridized carbons (Fsp3) is 0.125. The van der Waals surface area contributed by atoms with Crippen LogP contribution in [0, 0.1) is 0 Å². The third-order valence-corrected chi connectivity index (χ3v) is 3.92. The first-order chi connectivity index (χ1) is 9.74. The van der Waals surface area contributed by atoms with Gasteiger partial charge in [-0.2, -0.15) is 0 Å². The van der Waals surface area contributed by atoms with Gasteiger partial charge in [-0.1, -0.05) is 54.2 Å². The topological polar surface area (TPSA) is 43.1 Å². The highest BCUT2D eigenvalue weighted by Crippen LogP contribution is 2.28. The number of fused-ring (bicyclic) bond motifs is 1. The summed E-state index contributed by atoms with van der Waals surface area (Å²) in [5.74, 6) is 0.0813. The summed E-state index contributed by atoms with van der Waals surface area (Å²) in [5, 5.41) is 0.299. The van der Waals surface area contributed by atoms with Gasteiger partial charge in [0.05, 0.1) is 5.25 Å². The van der Waals surface area contributed by atoms with Gasteiger partial charge in [0.1, 0.15) is 5.52 Å². The Morgan fingerprint density at radius 3 is 2.55 bits per heavy atom. The van der Waals surface area contributed by atoms with Gasteiger partial charge in [0.25, 0.3) is 5.22 Å². The Kier molecular flexibility index (Phi) is 3.56. The summed E-state index contributed by atoms with van der Waals surface area (Å²) in [6.07, 6.45) is 0. The summed E-state index contributed by atoms with van der Waals surface area (Å²) < 4.78 is 5.62. The molecule has 0 radical (unpaired) electrons. The largest absolute Gasteiger partial charge is 0.431 e. The lowest BCUT2D eigenvalue weighted by Crippen LogP contribution is -2.13. The van der Waals surface area contributed by atoms with Gasteiger partial charge < -0.3 is 4.42 Å². The molecular formula is C16H13NO2S. The molecule has 0 aliphatic heterocycles. The lowest BCUT2D eigenvalue weighted by atomic mass is 10.1. The standard InChI is InChI=1S/C16H13NO2S/c1-11(15(18)12-7-3-2-4-8-12)20-16-17-13-9-5-6-10-14(13)19-16/h2-11H,1H3/t11-/m1/s1. The molecule has 0 aliphatic rings. The fourth-order valence-electron chi connectivity index (χ4n) is 1.94. The number of benzene rings is 2. The van der Waals surface area contributed by atoms with Gasteiger partial charge in [-0.25, -0.2) is 4.98 Å². The van der Waals surface area contributed by atoms with E-state index in [2.05, 4.69) is 4.98 Å². The summed E-state index contributed by atoms with van der Waals surface area (Å²) in [7, 11) is 0. The highest BCUT2D eigenvalue weighted by atomic mass is 32.2. The number of oxazole rings is 1. The van der Waals surface area contributed by atoms with Crippen LogP contribution >= 0.6 is 11.8 Å². The van der Waals surface area contributed by atoms with E-state index < -0.39 is 0 Å². The molecule has 0 unspecified atom stereocenters. The predicted molar refractivity (Wildman–Crippen MR) is 80.1 cm³/mol. The molecule has 0 saturated heterocycles. The predicted octanol–water partition coefficient (Wildman–Crippen LogP) is 4.19. The van der Waals surface area contributed by atoms with Gasteiger partial charge >= 0.3 is 0 Å². The maximum atomic E-state index is 12.3. The molecule has 2 aromatic carbocycles. The highest BCUT2D eigenvalue weighted by Gasteiger charge is 2.19. The molecule has 0 aliphatic carbocycles. The number of para-hydroxylation sites is 2. The first-order valence-electron chi connectivity index (χ1n) is 6.35. The van der Waals surface area contributed by atoms with Gasteiger partial charge in [0.15, 0.2) is 11.4 Å². The van der Waals surface area contributed by atoms with E-state index in [9.17, 15) is 4.79 Å². The Hall–Kier alpha value is -2.07. The Labute approximate surface area is 121 Å². The van der Waals surface area contributed by atoms with Crippen LogP contribution in [-0.2, 0) is 0 Å². The maximum absolute atomic E-state index is 12.3. The smallest absolute Gasteiger partial charge is 0.257 e. The average Bonchev–Trinajstić information content (AvgIpc) is 2.89. The van der Waals surface area contributed by atoms with Gasteiger partial charge in [0.2, 0.25) is 0 Å². The minimum Gasteiger partial charge on any atom is -0.431 e. The first-order valence-corrected chi connectivity index (χ1v) is 7.23. The monoisotopic (exact) mass is 283 g/mol. The van der Waals surface area contributed by atoms with Gasteiger partial charge in [-0.05, 0) is 19.1 Å². The van der Waals surface area contributed by atoms with Crippen molar-refractivity contribution in [1.29, 1.82) is 0 Å². The second-order valence-corrected chi connectivity index (χ2v) is 5.73. The van der Waals surface area contributed by atoms with Crippen molar-refractivity contribution in [1.82, 2.24) is 4.98 Å². The molecule has 0 amide bonds. The van der Waals surface area contributed by atoms with Crippen molar-refractivity contribution < 1.29 is 9.21 Å². The number of rotatable bonds is 4. The van der Waals surface area contributed by atoms with E-state index in [1.807, 2.05) is 61.5 Å². The van der Waals surface area contributed by atoms with Crippen LogP contribution in [0.2, 0.25) is 0 Å². The normalized spacial score (nSPS) is 12.4. The first kappa shape index (κ1) is 12.9. The lowest BCUT2D eigenvalue weighted by Gasteiger charge is -2.07. The van der Waals surface area contributed by atoms with Gasteiger partial charge in [-0.15, -0.1) is 0 Å². The highest BCUT2D eigenvalue weighted by molar-refractivity contribution is 8.00. The lowest BCUT2D eigenvalue weighted by molar-refractivity contribution is 0.0993. The minimum absolute atomic E-state index is 0.0813. The summed E-state index contributed by atoms with van der Waals surface area (Å²) in [4.78, 5) is 16.6. The van der Waals surface area contributed by atoms with Crippen LogP contribution in [0.4, 0.5) is 0 Å². The number of Topliss-reactive ketones (excluding diaryl/α,β-unsaturated/α-hetero) is 1. The summed E-state index contributed by atoms with van der Waals surface area (Å²) >= 11 is 1.34. The van der Waals surface area contributed by atoms with E-state index in [-0.39, 0.29) is 11.0 Å². The zero-order valence-electron chi connectivity index (χ0n) is 10.9. The van der Waals surface area contributed by atoms with E-state index in [4.69, 9.17) is 4.42 Å². The Bertz CT molecular complexity index is 703. The Balaban J connectivity index is 1.78. The minimum atomic E-state index is -0.231.